The van der Waals surface area contributed by atoms with Crippen LogP contribution < -0.4 is 5.32 Å². The highest BCUT2D eigenvalue weighted by molar-refractivity contribution is 9.10. The van der Waals surface area contributed by atoms with E-state index in [-0.39, 0.29) is 17.6 Å². The van der Waals surface area contributed by atoms with E-state index in [1.165, 1.54) is 11.8 Å². The number of benzene rings is 3. The molecule has 3 aromatic rings. The van der Waals surface area contributed by atoms with Crippen molar-refractivity contribution in [2.24, 2.45) is 5.92 Å². The molecule has 7 heteroatoms. The Morgan fingerprint density at radius 3 is 2.23 bits per heavy atom. The van der Waals surface area contributed by atoms with Crippen LogP contribution in [0.4, 0.5) is 0 Å². The molecule has 3 aromatic carbocycles. The molecular formula is C28H30BrClN2O2S. The zero-order chi connectivity index (χ0) is 25.2. The molecule has 0 radical (unpaired) electrons. The topological polar surface area (TPSA) is 49.4 Å². The molecule has 0 fully saturated rings. The summed E-state index contributed by atoms with van der Waals surface area (Å²) >= 11 is 10.9. The van der Waals surface area contributed by atoms with E-state index < -0.39 is 6.04 Å². The molecule has 4 nitrogen and oxygen atoms in total. The fourth-order valence-corrected chi connectivity index (χ4v) is 4.70. The first-order valence-corrected chi connectivity index (χ1v) is 13.7. The van der Waals surface area contributed by atoms with Crippen LogP contribution in [0.15, 0.2) is 88.2 Å². The number of carbonyl (C=O) groups is 2. The Bertz CT molecular complexity index is 1090. The Labute approximate surface area is 225 Å². The van der Waals surface area contributed by atoms with Gasteiger partial charge in [-0.05, 0) is 53.4 Å². The predicted molar refractivity (Wildman–Crippen MR) is 149 cm³/mol. The minimum atomic E-state index is -0.627. The van der Waals surface area contributed by atoms with Crippen LogP contribution in [-0.4, -0.2) is 35.1 Å². The van der Waals surface area contributed by atoms with E-state index in [1.807, 2.05) is 78.9 Å². The number of nitrogens with zero attached hydrogens (tertiary/aromatic N) is 1. The smallest absolute Gasteiger partial charge is 0.243 e. The summed E-state index contributed by atoms with van der Waals surface area (Å²) in [6.07, 6.45) is 0.443. The maximum absolute atomic E-state index is 13.6. The summed E-state index contributed by atoms with van der Waals surface area (Å²) in [4.78, 5) is 29.7. The summed E-state index contributed by atoms with van der Waals surface area (Å²) in [5.74, 6) is 0.311. The van der Waals surface area contributed by atoms with E-state index in [1.54, 1.807) is 4.90 Å². The highest BCUT2D eigenvalue weighted by atomic mass is 79.9. The molecule has 1 atom stereocenters. The maximum atomic E-state index is 13.6. The van der Waals surface area contributed by atoms with Crippen molar-refractivity contribution in [3.05, 3.63) is 99.5 Å². The van der Waals surface area contributed by atoms with E-state index >= 15 is 0 Å². The van der Waals surface area contributed by atoms with Gasteiger partial charge in [-0.3, -0.25) is 9.59 Å². The Morgan fingerprint density at radius 1 is 0.943 bits per heavy atom. The van der Waals surface area contributed by atoms with Crippen LogP contribution in [0.2, 0.25) is 5.02 Å². The maximum Gasteiger partial charge on any atom is 0.243 e. The molecule has 184 valence electrons. The standard InChI is InChI=1S/C28H30BrClN2O2S/c1-20(2)17-31-28(34)26(16-21-6-4-3-5-7-21)32(18-22-8-10-23(29)11-9-22)27(33)19-35-25-14-12-24(30)13-15-25/h3-15,20,26H,16-19H2,1-2H3,(H,31,34). The Balaban J connectivity index is 1.88. The number of carbonyl (C=O) groups excluding carboxylic acids is 2. The summed E-state index contributed by atoms with van der Waals surface area (Å²) in [5.41, 5.74) is 1.98. The molecular weight excluding hydrogens is 544 g/mol. The molecule has 0 saturated heterocycles. The van der Waals surface area contributed by atoms with Gasteiger partial charge in [-0.15, -0.1) is 11.8 Å². The van der Waals surface area contributed by atoms with Crippen LogP contribution in [0.3, 0.4) is 0 Å². The van der Waals surface area contributed by atoms with E-state index in [2.05, 4.69) is 35.1 Å². The summed E-state index contributed by atoms with van der Waals surface area (Å²) in [6.45, 7) is 5.02. The second-order valence-electron chi connectivity index (χ2n) is 8.74. The molecule has 0 spiro atoms. The van der Waals surface area contributed by atoms with Gasteiger partial charge >= 0.3 is 0 Å². The molecule has 1 N–H and O–H groups in total. The lowest BCUT2D eigenvalue weighted by molar-refractivity contribution is -0.139. The second-order valence-corrected chi connectivity index (χ2v) is 11.1. The number of hydrogen-bond acceptors (Lipinski definition) is 3. The number of amides is 2. The third kappa shape index (κ3) is 9.02. The fraction of sp³-hybridized carbons (Fsp3) is 0.286. The molecule has 0 aromatic heterocycles. The summed E-state index contributed by atoms with van der Waals surface area (Å²) in [5, 5.41) is 3.71. The lowest BCUT2D eigenvalue weighted by Gasteiger charge is -2.32. The molecule has 2 amide bonds. The highest BCUT2D eigenvalue weighted by Gasteiger charge is 2.30. The van der Waals surface area contributed by atoms with Crippen molar-refractivity contribution in [2.45, 2.75) is 37.8 Å². The minimum absolute atomic E-state index is 0.0894. The molecule has 35 heavy (non-hydrogen) atoms. The first-order chi connectivity index (χ1) is 16.8. The summed E-state index contributed by atoms with van der Waals surface area (Å²) < 4.78 is 0.966. The molecule has 0 aliphatic rings. The molecule has 1 unspecified atom stereocenters. The quantitative estimate of drug-likeness (QED) is 0.263. The van der Waals surface area contributed by atoms with Crippen molar-refractivity contribution in [1.82, 2.24) is 10.2 Å². The first kappa shape index (κ1) is 27.3. The van der Waals surface area contributed by atoms with E-state index in [0.29, 0.717) is 30.5 Å². The monoisotopic (exact) mass is 572 g/mol. The molecule has 0 aliphatic carbocycles. The van der Waals surface area contributed by atoms with Gasteiger partial charge in [-0.25, -0.2) is 0 Å². The zero-order valence-electron chi connectivity index (χ0n) is 19.9. The van der Waals surface area contributed by atoms with Crippen LogP contribution >= 0.6 is 39.3 Å². The van der Waals surface area contributed by atoms with Gasteiger partial charge in [-0.1, -0.05) is 83.8 Å². The van der Waals surface area contributed by atoms with Crippen molar-refractivity contribution in [2.75, 3.05) is 12.3 Å². The number of rotatable bonds is 11. The number of thioether (sulfide) groups is 1. The van der Waals surface area contributed by atoms with Gasteiger partial charge in [-0.2, -0.15) is 0 Å². The minimum Gasteiger partial charge on any atom is -0.354 e. The van der Waals surface area contributed by atoms with Gasteiger partial charge in [0.2, 0.25) is 11.8 Å². The number of halogens is 2. The van der Waals surface area contributed by atoms with E-state index in [9.17, 15) is 9.59 Å². The van der Waals surface area contributed by atoms with Crippen molar-refractivity contribution in [3.8, 4) is 0 Å². The van der Waals surface area contributed by atoms with Crippen LogP contribution in [0.5, 0.6) is 0 Å². The van der Waals surface area contributed by atoms with Crippen LogP contribution in [-0.2, 0) is 22.6 Å². The molecule has 0 heterocycles. The molecule has 0 aliphatic heterocycles. The Hall–Kier alpha value is -2.28. The van der Waals surface area contributed by atoms with Gasteiger partial charge in [0, 0.05) is 33.9 Å². The van der Waals surface area contributed by atoms with Crippen LogP contribution in [0.25, 0.3) is 0 Å². The summed E-state index contributed by atoms with van der Waals surface area (Å²) in [7, 11) is 0. The van der Waals surface area contributed by atoms with Crippen molar-refractivity contribution < 1.29 is 9.59 Å². The van der Waals surface area contributed by atoms with Crippen molar-refractivity contribution >= 4 is 51.1 Å². The highest BCUT2D eigenvalue weighted by Crippen LogP contribution is 2.23. The molecule has 3 rings (SSSR count). The fourth-order valence-electron chi connectivity index (χ4n) is 3.52. The average Bonchev–Trinajstić information content (AvgIpc) is 2.86. The van der Waals surface area contributed by atoms with Gasteiger partial charge in [0.15, 0.2) is 0 Å². The lowest BCUT2D eigenvalue weighted by Crippen LogP contribution is -2.51. The SMILES string of the molecule is CC(C)CNC(=O)C(Cc1ccccc1)N(Cc1ccc(Br)cc1)C(=O)CSc1ccc(Cl)cc1. The average molecular weight is 574 g/mol. The van der Waals surface area contributed by atoms with Gasteiger partial charge in [0.05, 0.1) is 5.75 Å². The second kappa shape index (κ2) is 13.7. The normalized spacial score (nSPS) is 11.8. The lowest BCUT2D eigenvalue weighted by atomic mass is 10.0. The third-order valence-electron chi connectivity index (χ3n) is 5.40. The van der Waals surface area contributed by atoms with Crippen molar-refractivity contribution in [1.29, 1.82) is 0 Å². The number of nitrogens with one attached hydrogen (secondary N) is 1. The largest absolute Gasteiger partial charge is 0.354 e. The summed E-state index contributed by atoms with van der Waals surface area (Å²) in [6, 6.07) is 24.5. The molecule has 0 saturated carbocycles. The van der Waals surface area contributed by atoms with Gasteiger partial charge in [0.1, 0.15) is 6.04 Å². The predicted octanol–water partition coefficient (Wildman–Crippen LogP) is 6.61. The zero-order valence-corrected chi connectivity index (χ0v) is 23.1. The first-order valence-electron chi connectivity index (χ1n) is 11.6. The Kier molecular flexibility index (Phi) is 10.7. The Morgan fingerprint density at radius 2 is 1.60 bits per heavy atom. The number of hydrogen-bond donors (Lipinski definition) is 1. The van der Waals surface area contributed by atoms with E-state index in [4.69, 9.17) is 11.6 Å². The van der Waals surface area contributed by atoms with Crippen molar-refractivity contribution in [3.63, 3.8) is 0 Å². The van der Waals surface area contributed by atoms with Crippen LogP contribution in [0, 0.1) is 5.92 Å². The van der Waals surface area contributed by atoms with E-state index in [0.717, 1.165) is 20.5 Å². The third-order valence-corrected chi connectivity index (χ3v) is 7.18. The van der Waals surface area contributed by atoms with Gasteiger partial charge in [0.25, 0.3) is 0 Å². The van der Waals surface area contributed by atoms with Crippen LogP contribution in [0.1, 0.15) is 25.0 Å². The van der Waals surface area contributed by atoms with Gasteiger partial charge < -0.3 is 10.2 Å². The molecule has 0 bridgehead atoms.